The number of amides is 1. The molecule has 1 aromatic rings. The first kappa shape index (κ1) is 27.6. The van der Waals surface area contributed by atoms with Crippen LogP contribution in [0.1, 0.15) is 46.0 Å². The van der Waals surface area contributed by atoms with Gasteiger partial charge >= 0.3 is 5.97 Å². The summed E-state index contributed by atoms with van der Waals surface area (Å²) in [4.78, 5) is 29.6. The average molecular weight is 458 g/mol. The van der Waals surface area contributed by atoms with Crippen LogP contribution < -0.4 is 10.6 Å². The molecular formula is C25H32FN3O4. The number of anilines is 1. The number of ether oxygens (including phenoxy) is 1. The van der Waals surface area contributed by atoms with E-state index in [1.807, 2.05) is 0 Å². The van der Waals surface area contributed by atoms with Crippen LogP contribution in [0.4, 0.5) is 10.1 Å². The molecule has 0 radical (unpaired) electrons. The van der Waals surface area contributed by atoms with E-state index in [9.17, 15) is 19.1 Å². The van der Waals surface area contributed by atoms with E-state index in [4.69, 9.17) is 16.9 Å². The number of benzene rings is 1. The fraction of sp³-hybridized carbons (Fsp3) is 0.400. The highest BCUT2D eigenvalue weighted by molar-refractivity contribution is 5.98. The number of aliphatic hydroxyl groups excluding tert-OH is 1. The second-order valence-electron chi connectivity index (χ2n) is 7.56. The lowest BCUT2D eigenvalue weighted by Gasteiger charge is -2.22. The summed E-state index contributed by atoms with van der Waals surface area (Å²) < 4.78 is 18.5. The van der Waals surface area contributed by atoms with Crippen molar-refractivity contribution in [2.75, 3.05) is 18.6 Å². The molecule has 0 unspecified atom stereocenters. The predicted octanol–water partition coefficient (Wildman–Crippen LogP) is 3.48. The molecule has 0 fully saturated rings. The van der Waals surface area contributed by atoms with Crippen LogP contribution in [-0.2, 0) is 14.3 Å². The Balaban J connectivity index is 3.22. The van der Waals surface area contributed by atoms with Gasteiger partial charge < -0.3 is 20.5 Å². The maximum absolute atomic E-state index is 13.4. The lowest BCUT2D eigenvalue weighted by molar-refractivity contribution is -0.147. The quantitative estimate of drug-likeness (QED) is 0.125. The molecule has 178 valence electrons. The second-order valence-corrected chi connectivity index (χ2v) is 7.56. The van der Waals surface area contributed by atoms with Crippen LogP contribution in [0.15, 0.2) is 52.7 Å². The maximum atomic E-state index is 13.4. The number of carbonyl (C=O) groups is 2. The van der Waals surface area contributed by atoms with Crippen LogP contribution in [0.5, 0.6) is 0 Å². The summed E-state index contributed by atoms with van der Waals surface area (Å²) in [6.07, 6.45) is 9.91. The second kappa shape index (κ2) is 14.6. The van der Waals surface area contributed by atoms with Crippen molar-refractivity contribution in [1.82, 2.24) is 0 Å². The molecule has 1 amide bonds. The van der Waals surface area contributed by atoms with Crippen molar-refractivity contribution >= 4 is 23.4 Å². The number of rotatable bonds is 12. The summed E-state index contributed by atoms with van der Waals surface area (Å²) in [7, 11) is 1.77. The number of terminal acetylenes is 1. The molecule has 0 aliphatic carbocycles. The zero-order chi connectivity index (χ0) is 24.8. The molecular weight excluding hydrogens is 425 g/mol. The zero-order valence-electron chi connectivity index (χ0n) is 19.4. The first-order valence-electron chi connectivity index (χ1n) is 10.7. The Morgan fingerprint density at radius 2 is 1.91 bits per heavy atom. The molecule has 33 heavy (non-hydrogen) atoms. The number of primary amides is 1. The number of carbonyl (C=O) groups excluding carboxylic acids is 2. The molecule has 0 aliphatic rings. The number of hydrogen-bond acceptors (Lipinski definition) is 5. The van der Waals surface area contributed by atoms with Crippen molar-refractivity contribution in [2.45, 2.75) is 52.1 Å². The van der Waals surface area contributed by atoms with Gasteiger partial charge in [-0.25, -0.2) is 9.38 Å². The van der Waals surface area contributed by atoms with Gasteiger partial charge in [0.2, 0.25) is 5.91 Å². The van der Waals surface area contributed by atoms with Crippen LogP contribution in [-0.4, -0.2) is 42.6 Å². The summed E-state index contributed by atoms with van der Waals surface area (Å²) in [5.74, 6) is 1.74. The Morgan fingerprint density at radius 3 is 2.45 bits per heavy atom. The third-order valence-electron chi connectivity index (χ3n) is 4.50. The molecule has 0 atom stereocenters. The van der Waals surface area contributed by atoms with Crippen LogP contribution >= 0.6 is 0 Å². The van der Waals surface area contributed by atoms with Crippen molar-refractivity contribution in [3.05, 3.63) is 53.5 Å². The monoisotopic (exact) mass is 457 g/mol. The number of hydrogen-bond donors (Lipinski definition) is 2. The lowest BCUT2D eigenvalue weighted by atomic mass is 10.1. The van der Waals surface area contributed by atoms with Gasteiger partial charge in [-0.2, -0.15) is 0 Å². The maximum Gasteiger partial charge on any atom is 0.306 e. The summed E-state index contributed by atoms with van der Waals surface area (Å²) in [6.45, 7) is 3.21. The average Bonchev–Trinajstić information content (AvgIpc) is 2.76. The molecule has 0 spiro atoms. The topological polar surface area (TPSA) is 105 Å². The number of unbranched alkanes of at least 4 members (excludes halogenated alkanes) is 1. The van der Waals surface area contributed by atoms with Gasteiger partial charge in [0.1, 0.15) is 11.7 Å². The van der Waals surface area contributed by atoms with Crippen molar-refractivity contribution in [1.29, 1.82) is 0 Å². The summed E-state index contributed by atoms with van der Waals surface area (Å²) in [6, 6.07) is 5.91. The number of halogens is 1. The van der Waals surface area contributed by atoms with Gasteiger partial charge in [-0.05, 0) is 63.1 Å². The van der Waals surface area contributed by atoms with Crippen molar-refractivity contribution < 1.29 is 23.8 Å². The van der Waals surface area contributed by atoms with Gasteiger partial charge in [0.05, 0.1) is 18.4 Å². The SMILES string of the molecule is C#C/C=C(CO)\C(=C/CC(N)=O)N=C(CCCCC(=O)OC(C)C)N(C)c1ccc(F)cc1. The molecule has 1 aromatic carbocycles. The van der Waals surface area contributed by atoms with E-state index in [-0.39, 0.29) is 37.3 Å². The Hall–Kier alpha value is -3.44. The fourth-order valence-corrected chi connectivity index (χ4v) is 2.87. The summed E-state index contributed by atoms with van der Waals surface area (Å²) in [5, 5.41) is 9.74. The number of esters is 1. The first-order chi connectivity index (χ1) is 15.7. The van der Waals surface area contributed by atoms with E-state index in [2.05, 4.69) is 10.9 Å². The van der Waals surface area contributed by atoms with E-state index >= 15 is 0 Å². The molecule has 0 aliphatic heterocycles. The number of aliphatic hydroxyl groups is 1. The van der Waals surface area contributed by atoms with Crippen molar-refractivity contribution in [3.63, 3.8) is 0 Å². The Kier molecular flexibility index (Phi) is 12.2. The number of amidine groups is 1. The smallest absolute Gasteiger partial charge is 0.306 e. The van der Waals surface area contributed by atoms with E-state index in [0.29, 0.717) is 42.1 Å². The van der Waals surface area contributed by atoms with Crippen LogP contribution in [0.3, 0.4) is 0 Å². The molecule has 0 aromatic heterocycles. The largest absolute Gasteiger partial charge is 0.463 e. The molecule has 0 saturated heterocycles. The van der Waals surface area contributed by atoms with Crippen LogP contribution in [0.2, 0.25) is 0 Å². The predicted molar refractivity (Wildman–Crippen MR) is 128 cm³/mol. The highest BCUT2D eigenvalue weighted by Crippen LogP contribution is 2.20. The highest BCUT2D eigenvalue weighted by atomic mass is 19.1. The lowest BCUT2D eigenvalue weighted by Crippen LogP contribution is -2.27. The summed E-state index contributed by atoms with van der Waals surface area (Å²) >= 11 is 0. The van der Waals surface area contributed by atoms with Gasteiger partial charge in [0.15, 0.2) is 0 Å². The molecule has 1 rings (SSSR count). The fourth-order valence-electron chi connectivity index (χ4n) is 2.87. The van der Waals surface area contributed by atoms with Crippen LogP contribution in [0.25, 0.3) is 0 Å². The minimum absolute atomic E-state index is 0.0880. The van der Waals surface area contributed by atoms with Gasteiger partial charge in [0, 0.05) is 37.6 Å². The number of nitrogens with zero attached hydrogens (tertiary/aromatic N) is 2. The Labute approximate surface area is 194 Å². The third kappa shape index (κ3) is 10.6. The Bertz CT molecular complexity index is 928. The minimum atomic E-state index is -0.558. The molecule has 0 heterocycles. The minimum Gasteiger partial charge on any atom is -0.463 e. The number of aliphatic imine (C=N–C) groups is 1. The Morgan fingerprint density at radius 1 is 1.27 bits per heavy atom. The molecule has 7 nitrogen and oxygen atoms in total. The molecule has 0 bridgehead atoms. The molecule has 3 N–H and O–H groups in total. The number of nitrogens with two attached hydrogens (primary N) is 1. The molecule has 8 heteroatoms. The standard InChI is InChI=1S/C25H32FN3O4/c1-5-8-19(17-30)22(15-16-23(27)31)28-24(9-6-7-10-25(32)33-18(2)3)29(4)21-13-11-20(26)12-14-21/h1,8,11-15,18,30H,6-7,9-10,16-17H2,2-4H3,(H2,27,31)/b19-8-,22-15+,28-24?. The third-order valence-corrected chi connectivity index (χ3v) is 4.50. The van der Waals surface area contributed by atoms with E-state index in [1.165, 1.54) is 24.3 Å². The summed E-state index contributed by atoms with van der Waals surface area (Å²) in [5.41, 5.74) is 6.63. The number of allylic oxidation sites excluding steroid dienone is 1. The van der Waals surface area contributed by atoms with E-state index in [0.717, 1.165) is 0 Å². The van der Waals surface area contributed by atoms with E-state index < -0.39 is 5.91 Å². The molecule has 0 saturated carbocycles. The van der Waals surface area contributed by atoms with E-state index in [1.54, 1.807) is 37.9 Å². The van der Waals surface area contributed by atoms with Gasteiger partial charge in [0.25, 0.3) is 0 Å². The normalized spacial score (nSPS) is 12.5. The zero-order valence-corrected chi connectivity index (χ0v) is 19.4. The van der Waals surface area contributed by atoms with Gasteiger partial charge in [-0.3, -0.25) is 9.59 Å². The first-order valence-corrected chi connectivity index (χ1v) is 10.7. The van der Waals surface area contributed by atoms with Crippen molar-refractivity contribution in [2.24, 2.45) is 10.7 Å². The van der Waals surface area contributed by atoms with Crippen LogP contribution in [0, 0.1) is 18.2 Å². The van der Waals surface area contributed by atoms with Gasteiger partial charge in [-0.1, -0.05) is 5.92 Å². The highest BCUT2D eigenvalue weighted by Gasteiger charge is 2.14. The van der Waals surface area contributed by atoms with Gasteiger partial charge in [-0.15, -0.1) is 6.42 Å². The van der Waals surface area contributed by atoms with Crippen molar-refractivity contribution in [3.8, 4) is 12.3 Å².